The van der Waals surface area contributed by atoms with Crippen LogP contribution in [-0.4, -0.2) is 33.7 Å². The lowest BCUT2D eigenvalue weighted by Gasteiger charge is -2.16. The summed E-state index contributed by atoms with van der Waals surface area (Å²) in [6, 6.07) is 6.14. The number of alkyl halides is 3. The third kappa shape index (κ3) is 5.37. The zero-order valence-corrected chi connectivity index (χ0v) is 18.5. The molecule has 1 amide bonds. The van der Waals surface area contributed by atoms with Gasteiger partial charge in [-0.2, -0.15) is 23.0 Å². The van der Waals surface area contributed by atoms with E-state index in [2.05, 4.69) is 15.2 Å². The van der Waals surface area contributed by atoms with Crippen molar-refractivity contribution < 1.29 is 36.8 Å². The fourth-order valence-corrected chi connectivity index (χ4v) is 3.16. The van der Waals surface area contributed by atoms with Crippen molar-refractivity contribution in [1.82, 2.24) is 15.1 Å². The van der Waals surface area contributed by atoms with Crippen LogP contribution in [-0.2, 0) is 10.9 Å². The smallest absolute Gasteiger partial charge is 0.416 e. The number of nitrogens with zero attached hydrogens (tertiary/aromatic N) is 3. The molecule has 0 bridgehead atoms. The van der Waals surface area contributed by atoms with Crippen LogP contribution in [0.15, 0.2) is 53.3 Å². The lowest BCUT2D eigenvalue weighted by molar-refractivity contribution is -0.385. The molecule has 0 fully saturated rings. The van der Waals surface area contributed by atoms with Crippen LogP contribution >= 0.6 is 0 Å². The topological polar surface area (TPSA) is 133 Å². The van der Waals surface area contributed by atoms with Gasteiger partial charge in [0.15, 0.2) is 5.82 Å². The molecule has 0 saturated carbocycles. The number of hydrogen-bond acceptors (Lipinski definition) is 7. The Kier molecular flexibility index (Phi) is 7.17. The number of carbonyl (C=O) groups is 2. The number of ether oxygens (including phenoxy) is 1. The highest BCUT2D eigenvalue weighted by molar-refractivity contribution is 5.92. The molecular weight excluding hydrogens is 492 g/mol. The van der Waals surface area contributed by atoms with Crippen LogP contribution in [0.4, 0.5) is 23.2 Å². The summed E-state index contributed by atoms with van der Waals surface area (Å²) in [5, 5.41) is 17.2. The molecule has 10 nitrogen and oxygen atoms in total. The van der Waals surface area contributed by atoms with E-state index in [-0.39, 0.29) is 5.56 Å². The van der Waals surface area contributed by atoms with E-state index in [1.54, 1.807) is 0 Å². The maximum absolute atomic E-state index is 14.8. The van der Waals surface area contributed by atoms with Crippen molar-refractivity contribution in [2.45, 2.75) is 19.1 Å². The zero-order chi connectivity index (χ0) is 26.8. The van der Waals surface area contributed by atoms with E-state index in [0.29, 0.717) is 16.8 Å². The SMILES string of the molecule is COC(=O)c1cccc(-n2nc(C(=O)N[C@H](C)c3cc([N+](=O)[O-])cc(C(F)(F)F)c3)ccc2=O)c1F. The Morgan fingerprint density at radius 1 is 1.17 bits per heavy atom. The molecule has 0 saturated heterocycles. The number of nitrogens with one attached hydrogen (secondary N) is 1. The molecule has 1 heterocycles. The third-order valence-electron chi connectivity index (χ3n) is 4.97. The summed E-state index contributed by atoms with van der Waals surface area (Å²) in [7, 11) is 1.03. The lowest BCUT2D eigenvalue weighted by Crippen LogP contribution is -2.31. The Bertz CT molecular complexity index is 1420. The van der Waals surface area contributed by atoms with Crippen LogP contribution in [0.3, 0.4) is 0 Å². The standard InChI is InChI=1S/C22H16F4N4O6/c1-11(12-8-13(22(24,25)26)10-14(9-12)30(34)35)27-20(32)16-6-7-18(31)29(28-16)17-5-3-4-15(19(17)23)21(33)36-2/h3-11H,1-2H3,(H,27,32)/t11-/m1/s1. The normalized spacial score (nSPS) is 12.1. The summed E-state index contributed by atoms with van der Waals surface area (Å²) < 4.78 is 59.3. The van der Waals surface area contributed by atoms with Crippen molar-refractivity contribution in [2.24, 2.45) is 0 Å². The van der Waals surface area contributed by atoms with Crippen molar-refractivity contribution in [3.8, 4) is 5.69 Å². The highest BCUT2D eigenvalue weighted by Gasteiger charge is 2.33. The van der Waals surface area contributed by atoms with E-state index < -0.39 is 68.6 Å². The molecule has 14 heteroatoms. The number of nitro groups is 1. The first-order valence-electron chi connectivity index (χ1n) is 9.98. The van der Waals surface area contributed by atoms with E-state index in [9.17, 15) is 42.1 Å². The lowest BCUT2D eigenvalue weighted by atomic mass is 10.0. The average molecular weight is 508 g/mol. The van der Waals surface area contributed by atoms with Crippen LogP contribution < -0.4 is 10.9 Å². The Morgan fingerprint density at radius 2 is 1.86 bits per heavy atom. The minimum atomic E-state index is -4.87. The Morgan fingerprint density at radius 3 is 2.47 bits per heavy atom. The zero-order valence-electron chi connectivity index (χ0n) is 18.5. The van der Waals surface area contributed by atoms with Gasteiger partial charge in [0.05, 0.1) is 29.2 Å². The third-order valence-corrected chi connectivity index (χ3v) is 4.97. The Hall–Kier alpha value is -4.62. The largest absolute Gasteiger partial charge is 0.465 e. The first-order valence-corrected chi connectivity index (χ1v) is 9.98. The minimum Gasteiger partial charge on any atom is -0.465 e. The number of hydrogen-bond donors (Lipinski definition) is 1. The number of methoxy groups -OCH3 is 1. The van der Waals surface area contributed by atoms with E-state index in [0.717, 1.165) is 37.4 Å². The number of halogens is 4. The van der Waals surface area contributed by atoms with Crippen LogP contribution in [0.5, 0.6) is 0 Å². The predicted octanol–water partition coefficient (Wildman–Crippen LogP) is 3.58. The van der Waals surface area contributed by atoms with Crippen molar-refractivity contribution >= 4 is 17.6 Å². The first kappa shape index (κ1) is 26.0. The highest BCUT2D eigenvalue weighted by Crippen LogP contribution is 2.34. The first-order chi connectivity index (χ1) is 16.8. The number of aromatic nitrogens is 2. The molecule has 3 rings (SSSR count). The van der Waals surface area contributed by atoms with Crippen LogP contribution in [0.2, 0.25) is 0 Å². The summed E-state index contributed by atoms with van der Waals surface area (Å²) >= 11 is 0. The summed E-state index contributed by atoms with van der Waals surface area (Å²) in [6.45, 7) is 1.28. The Balaban J connectivity index is 1.96. The number of non-ortho nitro benzene ring substituents is 1. The number of amides is 1. The number of esters is 1. The molecule has 0 spiro atoms. The second-order valence-electron chi connectivity index (χ2n) is 7.36. The molecule has 0 radical (unpaired) electrons. The Labute approximate surface area is 199 Å². The summed E-state index contributed by atoms with van der Waals surface area (Å²) in [6.07, 6.45) is -4.87. The number of benzene rings is 2. The molecule has 0 aliphatic carbocycles. The number of carbonyl (C=O) groups excluding carboxylic acids is 2. The average Bonchev–Trinajstić information content (AvgIpc) is 2.83. The van der Waals surface area contributed by atoms with Gasteiger partial charge < -0.3 is 10.1 Å². The monoisotopic (exact) mass is 508 g/mol. The van der Waals surface area contributed by atoms with Crippen LogP contribution in [0.1, 0.15) is 44.9 Å². The van der Waals surface area contributed by atoms with Gasteiger partial charge in [0.1, 0.15) is 11.4 Å². The summed E-state index contributed by atoms with van der Waals surface area (Å²) in [4.78, 5) is 46.8. The number of nitro benzene ring substituents is 1. The molecule has 3 aromatic rings. The van der Waals surface area contributed by atoms with Crippen molar-refractivity contribution in [1.29, 1.82) is 0 Å². The maximum atomic E-state index is 14.8. The summed E-state index contributed by atoms with van der Waals surface area (Å²) in [5.41, 5.74) is -4.54. The predicted molar refractivity (Wildman–Crippen MR) is 115 cm³/mol. The van der Waals surface area contributed by atoms with Gasteiger partial charge in [0.2, 0.25) is 0 Å². The van der Waals surface area contributed by atoms with Gasteiger partial charge in [0.25, 0.3) is 17.2 Å². The van der Waals surface area contributed by atoms with E-state index in [1.165, 1.54) is 13.0 Å². The van der Waals surface area contributed by atoms with E-state index in [4.69, 9.17) is 0 Å². The molecule has 1 N–H and O–H groups in total. The fourth-order valence-electron chi connectivity index (χ4n) is 3.16. The van der Waals surface area contributed by atoms with Crippen LogP contribution in [0.25, 0.3) is 5.69 Å². The van der Waals surface area contributed by atoms with Gasteiger partial charge in [-0.05, 0) is 36.8 Å². The molecular formula is C22H16F4N4O6. The van der Waals surface area contributed by atoms with E-state index >= 15 is 0 Å². The molecule has 2 aromatic carbocycles. The second kappa shape index (κ2) is 9.93. The van der Waals surface area contributed by atoms with Gasteiger partial charge in [-0.3, -0.25) is 19.7 Å². The van der Waals surface area contributed by atoms with Crippen molar-refractivity contribution in [3.05, 3.63) is 97.2 Å². The van der Waals surface area contributed by atoms with Gasteiger partial charge in [-0.15, -0.1) is 0 Å². The quantitative estimate of drug-likeness (QED) is 0.233. The van der Waals surface area contributed by atoms with Gasteiger partial charge >= 0.3 is 12.1 Å². The molecule has 0 unspecified atom stereocenters. The van der Waals surface area contributed by atoms with E-state index in [1.807, 2.05) is 0 Å². The highest BCUT2D eigenvalue weighted by atomic mass is 19.4. The number of rotatable bonds is 6. The molecule has 1 aromatic heterocycles. The fraction of sp³-hybridized carbons (Fsp3) is 0.182. The van der Waals surface area contributed by atoms with Crippen molar-refractivity contribution in [2.75, 3.05) is 7.11 Å². The van der Waals surface area contributed by atoms with Gasteiger partial charge in [-0.25, -0.2) is 9.18 Å². The molecule has 0 aliphatic heterocycles. The van der Waals surface area contributed by atoms with Crippen LogP contribution in [0, 0.1) is 15.9 Å². The summed E-state index contributed by atoms with van der Waals surface area (Å²) in [5.74, 6) is -3.12. The minimum absolute atomic E-state index is 0.213. The molecule has 36 heavy (non-hydrogen) atoms. The van der Waals surface area contributed by atoms with Gasteiger partial charge in [-0.1, -0.05) is 6.07 Å². The molecule has 1 atom stereocenters. The molecule has 188 valence electrons. The maximum Gasteiger partial charge on any atom is 0.416 e. The van der Waals surface area contributed by atoms with Gasteiger partial charge in [0, 0.05) is 18.2 Å². The van der Waals surface area contributed by atoms with Crippen molar-refractivity contribution in [3.63, 3.8) is 0 Å². The molecule has 0 aliphatic rings. The second-order valence-corrected chi connectivity index (χ2v) is 7.36.